The minimum atomic E-state index is -3.88. The number of anilines is 1. The Morgan fingerprint density at radius 1 is 1.21 bits per heavy atom. The fraction of sp³-hybridized carbons (Fsp3) is 0.125. The number of carboxylic acids is 1. The standard InChI is InChI=1S/C16H15N3O4S/c1-10-9-11(16(20)21)7-8-14(10)24(22,23)18-15-12-5-3-4-6-13(12)19(2)17-15/h3-9H,1-2H3,(H,17,18)(H,20,21). The van der Waals surface area contributed by atoms with E-state index in [0.717, 1.165) is 5.52 Å². The lowest BCUT2D eigenvalue weighted by molar-refractivity contribution is 0.0696. The van der Waals surface area contributed by atoms with Crippen molar-refractivity contribution >= 4 is 32.7 Å². The summed E-state index contributed by atoms with van der Waals surface area (Å²) in [6.45, 7) is 1.55. The van der Waals surface area contributed by atoms with Crippen LogP contribution >= 0.6 is 0 Å². The van der Waals surface area contributed by atoms with Gasteiger partial charge in [-0.25, -0.2) is 13.2 Å². The number of para-hydroxylation sites is 1. The van der Waals surface area contributed by atoms with E-state index in [-0.39, 0.29) is 16.3 Å². The van der Waals surface area contributed by atoms with Crippen molar-refractivity contribution in [3.63, 3.8) is 0 Å². The number of carbonyl (C=O) groups is 1. The molecular weight excluding hydrogens is 330 g/mol. The average Bonchev–Trinajstić information content (AvgIpc) is 2.83. The first-order valence-electron chi connectivity index (χ1n) is 7.08. The number of hydrogen-bond acceptors (Lipinski definition) is 4. The molecule has 3 aromatic rings. The number of nitrogens with one attached hydrogen (secondary N) is 1. The number of fused-ring (bicyclic) bond motifs is 1. The zero-order valence-electron chi connectivity index (χ0n) is 13.0. The number of rotatable bonds is 4. The highest BCUT2D eigenvalue weighted by Gasteiger charge is 2.21. The van der Waals surface area contributed by atoms with Crippen molar-refractivity contribution in [2.45, 2.75) is 11.8 Å². The summed E-state index contributed by atoms with van der Waals surface area (Å²) in [6.07, 6.45) is 0. The molecule has 124 valence electrons. The quantitative estimate of drug-likeness (QED) is 0.756. The van der Waals surface area contributed by atoms with E-state index in [0.29, 0.717) is 10.9 Å². The van der Waals surface area contributed by atoms with Crippen LogP contribution in [0.15, 0.2) is 47.4 Å². The molecule has 0 amide bonds. The van der Waals surface area contributed by atoms with Gasteiger partial charge in [0, 0.05) is 12.4 Å². The minimum Gasteiger partial charge on any atom is -0.478 e. The van der Waals surface area contributed by atoms with Crippen LogP contribution in [-0.2, 0) is 17.1 Å². The number of aryl methyl sites for hydroxylation is 2. The number of benzene rings is 2. The summed E-state index contributed by atoms with van der Waals surface area (Å²) in [5.41, 5.74) is 1.19. The highest BCUT2D eigenvalue weighted by atomic mass is 32.2. The van der Waals surface area contributed by atoms with Gasteiger partial charge in [0.1, 0.15) is 0 Å². The number of aromatic carboxylic acids is 1. The van der Waals surface area contributed by atoms with Crippen molar-refractivity contribution in [1.82, 2.24) is 9.78 Å². The molecule has 0 radical (unpaired) electrons. The lowest BCUT2D eigenvalue weighted by Crippen LogP contribution is -2.15. The molecule has 0 saturated heterocycles. The molecule has 24 heavy (non-hydrogen) atoms. The van der Waals surface area contributed by atoms with Gasteiger partial charge in [-0.3, -0.25) is 9.40 Å². The lowest BCUT2D eigenvalue weighted by Gasteiger charge is -2.09. The summed E-state index contributed by atoms with van der Waals surface area (Å²) in [4.78, 5) is 11.0. The summed E-state index contributed by atoms with van der Waals surface area (Å²) >= 11 is 0. The lowest BCUT2D eigenvalue weighted by atomic mass is 10.1. The molecule has 2 N–H and O–H groups in total. The molecule has 2 aromatic carbocycles. The Morgan fingerprint density at radius 3 is 2.58 bits per heavy atom. The molecular formula is C16H15N3O4S. The summed E-state index contributed by atoms with van der Waals surface area (Å²) in [7, 11) is -2.15. The molecule has 1 heterocycles. The van der Waals surface area contributed by atoms with Crippen LogP contribution in [0.1, 0.15) is 15.9 Å². The van der Waals surface area contributed by atoms with Crippen LogP contribution in [0.2, 0.25) is 0 Å². The second-order valence-electron chi connectivity index (χ2n) is 5.38. The van der Waals surface area contributed by atoms with E-state index in [1.54, 1.807) is 30.8 Å². The Hall–Kier alpha value is -2.87. The van der Waals surface area contributed by atoms with E-state index in [2.05, 4.69) is 9.82 Å². The molecule has 1 aromatic heterocycles. The predicted molar refractivity (Wildman–Crippen MR) is 89.7 cm³/mol. The molecule has 0 aliphatic carbocycles. The Kier molecular flexibility index (Phi) is 3.76. The highest BCUT2D eigenvalue weighted by Crippen LogP contribution is 2.25. The van der Waals surface area contributed by atoms with Crippen molar-refractivity contribution in [1.29, 1.82) is 0 Å². The number of carboxylic acid groups (broad SMARTS) is 1. The topological polar surface area (TPSA) is 101 Å². The van der Waals surface area contributed by atoms with Gasteiger partial charge in [0.25, 0.3) is 10.0 Å². The van der Waals surface area contributed by atoms with Gasteiger partial charge in [-0.2, -0.15) is 5.10 Å². The third-order valence-electron chi connectivity index (χ3n) is 3.70. The third kappa shape index (κ3) is 2.71. The third-order valence-corrected chi connectivity index (χ3v) is 5.20. The fourth-order valence-corrected chi connectivity index (χ4v) is 3.80. The van der Waals surface area contributed by atoms with Crippen molar-refractivity contribution in [2.24, 2.45) is 7.05 Å². The zero-order chi connectivity index (χ0) is 17.5. The SMILES string of the molecule is Cc1cc(C(=O)O)ccc1S(=O)(=O)Nc1nn(C)c2ccccc12. The molecule has 0 atom stereocenters. The Balaban J connectivity index is 2.04. The number of aromatic nitrogens is 2. The van der Waals surface area contributed by atoms with Crippen molar-refractivity contribution in [3.8, 4) is 0 Å². The Labute approximate surface area is 138 Å². The molecule has 3 rings (SSSR count). The van der Waals surface area contributed by atoms with Crippen LogP contribution < -0.4 is 4.72 Å². The van der Waals surface area contributed by atoms with Crippen molar-refractivity contribution < 1.29 is 18.3 Å². The van der Waals surface area contributed by atoms with E-state index >= 15 is 0 Å². The van der Waals surface area contributed by atoms with Crippen LogP contribution in [0.5, 0.6) is 0 Å². The average molecular weight is 345 g/mol. The first-order valence-corrected chi connectivity index (χ1v) is 8.56. The molecule has 0 unspecified atom stereocenters. The van der Waals surface area contributed by atoms with E-state index in [4.69, 9.17) is 5.11 Å². The summed E-state index contributed by atoms with van der Waals surface area (Å²) in [5, 5.41) is 13.9. The first kappa shape index (κ1) is 16.0. The minimum absolute atomic E-state index is 0.0160. The molecule has 0 aliphatic rings. The van der Waals surface area contributed by atoms with Gasteiger partial charge in [-0.05, 0) is 42.8 Å². The monoisotopic (exact) mass is 345 g/mol. The van der Waals surface area contributed by atoms with Gasteiger partial charge in [0.15, 0.2) is 5.82 Å². The zero-order valence-corrected chi connectivity index (χ0v) is 13.8. The normalized spacial score (nSPS) is 11.6. The van der Waals surface area contributed by atoms with Crippen LogP contribution in [0.4, 0.5) is 5.82 Å². The van der Waals surface area contributed by atoms with Gasteiger partial charge in [-0.15, -0.1) is 0 Å². The van der Waals surface area contributed by atoms with Crippen LogP contribution in [0.25, 0.3) is 10.9 Å². The summed E-state index contributed by atoms with van der Waals surface area (Å²) in [6, 6.07) is 11.1. The van der Waals surface area contributed by atoms with Gasteiger partial charge in [0.05, 0.1) is 16.0 Å². The number of hydrogen-bond donors (Lipinski definition) is 2. The Bertz CT molecular complexity index is 1050. The van der Waals surface area contributed by atoms with Crippen LogP contribution in [0.3, 0.4) is 0 Å². The maximum Gasteiger partial charge on any atom is 0.335 e. The molecule has 0 saturated carbocycles. The molecule has 7 nitrogen and oxygen atoms in total. The van der Waals surface area contributed by atoms with Crippen molar-refractivity contribution in [3.05, 3.63) is 53.6 Å². The van der Waals surface area contributed by atoms with E-state index < -0.39 is 16.0 Å². The largest absolute Gasteiger partial charge is 0.478 e. The maximum absolute atomic E-state index is 12.6. The van der Waals surface area contributed by atoms with E-state index in [1.807, 2.05) is 12.1 Å². The number of sulfonamides is 1. The molecule has 0 spiro atoms. The van der Waals surface area contributed by atoms with E-state index in [9.17, 15) is 13.2 Å². The van der Waals surface area contributed by atoms with E-state index in [1.165, 1.54) is 18.2 Å². The fourth-order valence-electron chi connectivity index (χ4n) is 2.56. The van der Waals surface area contributed by atoms with Gasteiger partial charge >= 0.3 is 5.97 Å². The van der Waals surface area contributed by atoms with Gasteiger partial charge in [0.2, 0.25) is 0 Å². The second-order valence-corrected chi connectivity index (χ2v) is 7.03. The smallest absolute Gasteiger partial charge is 0.335 e. The molecule has 0 bridgehead atoms. The summed E-state index contributed by atoms with van der Waals surface area (Å²) < 4.78 is 29.4. The molecule has 0 fully saturated rings. The Morgan fingerprint density at radius 2 is 1.92 bits per heavy atom. The number of nitrogens with zero attached hydrogens (tertiary/aromatic N) is 2. The first-order chi connectivity index (χ1) is 11.3. The van der Waals surface area contributed by atoms with Crippen LogP contribution in [0, 0.1) is 6.92 Å². The van der Waals surface area contributed by atoms with Gasteiger partial charge < -0.3 is 5.11 Å². The second kappa shape index (κ2) is 5.64. The molecule has 0 aliphatic heterocycles. The van der Waals surface area contributed by atoms with Crippen LogP contribution in [-0.4, -0.2) is 29.3 Å². The summed E-state index contributed by atoms with van der Waals surface area (Å²) in [5.74, 6) is -0.875. The highest BCUT2D eigenvalue weighted by molar-refractivity contribution is 7.92. The predicted octanol–water partition coefficient (Wildman–Crippen LogP) is 2.38. The molecule has 8 heteroatoms. The van der Waals surface area contributed by atoms with Crippen molar-refractivity contribution in [2.75, 3.05) is 4.72 Å². The van der Waals surface area contributed by atoms with Gasteiger partial charge in [-0.1, -0.05) is 12.1 Å². The maximum atomic E-state index is 12.6.